The van der Waals surface area contributed by atoms with Crippen molar-refractivity contribution in [2.24, 2.45) is 5.41 Å². The molecule has 0 unspecified atom stereocenters. The molecule has 0 fully saturated rings. The maximum Gasteiger partial charge on any atom is 0.226 e. The topological polar surface area (TPSA) is 62.2 Å². The number of carbonyl (C=O) groups excluding carboxylic acids is 1. The van der Waals surface area contributed by atoms with Gasteiger partial charge in [-0.05, 0) is 23.8 Å². The first kappa shape index (κ1) is 18.6. The highest BCUT2D eigenvalue weighted by atomic mass is 32.1. The molecule has 0 radical (unpaired) electrons. The Balaban J connectivity index is 1.92. The lowest BCUT2D eigenvalue weighted by Crippen LogP contribution is -2.35. The number of aryl methyl sites for hydroxylation is 1. The van der Waals surface area contributed by atoms with Crippen molar-refractivity contribution in [3.8, 4) is 10.6 Å². The molecule has 2 N–H and O–H groups in total. The molecule has 130 valence electrons. The third-order valence-electron chi connectivity index (χ3n) is 4.06. The zero-order valence-corrected chi connectivity index (χ0v) is 15.4. The van der Waals surface area contributed by atoms with Crippen LogP contribution in [0.1, 0.15) is 38.4 Å². The smallest absolute Gasteiger partial charge is 0.226 e. The van der Waals surface area contributed by atoms with Gasteiger partial charge in [0.15, 0.2) is 0 Å². The molecule has 0 aliphatic heterocycles. The molecule has 0 atom stereocenters. The summed E-state index contributed by atoms with van der Waals surface area (Å²) in [6.07, 6.45) is 1.98. The highest BCUT2D eigenvalue weighted by molar-refractivity contribution is 7.13. The number of aromatic nitrogens is 1. The Bertz CT molecular complexity index is 662. The number of carbonyl (C=O) groups is 1. The molecule has 1 aromatic carbocycles. The summed E-state index contributed by atoms with van der Waals surface area (Å²) in [5.74, 6) is -0.0285. The van der Waals surface area contributed by atoms with Gasteiger partial charge in [-0.15, -0.1) is 11.3 Å². The van der Waals surface area contributed by atoms with Crippen molar-refractivity contribution < 1.29 is 9.90 Å². The number of hydrogen-bond donors (Lipinski definition) is 2. The minimum Gasteiger partial charge on any atom is -0.396 e. The fourth-order valence-corrected chi connectivity index (χ4v) is 3.19. The van der Waals surface area contributed by atoms with Gasteiger partial charge in [0.05, 0.1) is 12.1 Å². The molecule has 4 nitrogen and oxygen atoms in total. The highest BCUT2D eigenvalue weighted by Gasteiger charge is 2.18. The van der Waals surface area contributed by atoms with Gasteiger partial charge >= 0.3 is 0 Å². The van der Waals surface area contributed by atoms with Crippen LogP contribution in [-0.2, 0) is 17.6 Å². The monoisotopic (exact) mass is 346 g/mol. The van der Waals surface area contributed by atoms with Crippen LogP contribution >= 0.6 is 11.3 Å². The average molecular weight is 346 g/mol. The third kappa shape index (κ3) is 5.42. The van der Waals surface area contributed by atoms with E-state index in [0.29, 0.717) is 19.4 Å². The quantitative estimate of drug-likeness (QED) is 0.770. The van der Waals surface area contributed by atoms with Crippen LogP contribution < -0.4 is 5.32 Å². The minimum absolute atomic E-state index is 0.0285. The number of benzene rings is 1. The predicted octanol–water partition coefficient (Wildman–Crippen LogP) is 3.44. The molecule has 24 heavy (non-hydrogen) atoms. The number of rotatable bonds is 8. The van der Waals surface area contributed by atoms with Crippen LogP contribution in [0, 0.1) is 5.41 Å². The van der Waals surface area contributed by atoms with Crippen molar-refractivity contribution in [3.05, 3.63) is 40.9 Å². The largest absolute Gasteiger partial charge is 0.396 e. The number of thiazole rings is 1. The van der Waals surface area contributed by atoms with Crippen LogP contribution in [0.15, 0.2) is 29.6 Å². The molecule has 0 aliphatic rings. The van der Waals surface area contributed by atoms with E-state index >= 15 is 0 Å². The number of amides is 1. The number of hydrogen-bond acceptors (Lipinski definition) is 4. The SMILES string of the molecule is CCc1ccc(-c2nc(CC(=O)NCC(C)(C)CCO)cs2)cc1. The second-order valence-corrected chi connectivity index (χ2v) is 7.64. The van der Waals surface area contributed by atoms with E-state index in [9.17, 15) is 4.79 Å². The Morgan fingerprint density at radius 2 is 2.00 bits per heavy atom. The Labute approximate surface area is 148 Å². The molecule has 0 bridgehead atoms. The average Bonchev–Trinajstić information content (AvgIpc) is 3.01. The number of nitrogens with zero attached hydrogens (tertiary/aromatic N) is 1. The molecule has 1 aromatic heterocycles. The molecule has 2 rings (SSSR count). The third-order valence-corrected chi connectivity index (χ3v) is 5.00. The van der Waals surface area contributed by atoms with Crippen LogP contribution in [0.5, 0.6) is 0 Å². The first-order valence-corrected chi connectivity index (χ1v) is 9.23. The Morgan fingerprint density at radius 3 is 2.62 bits per heavy atom. The van der Waals surface area contributed by atoms with Crippen molar-refractivity contribution in [1.82, 2.24) is 10.3 Å². The molecule has 0 saturated carbocycles. The van der Waals surface area contributed by atoms with Crippen LogP contribution in [0.25, 0.3) is 10.6 Å². The summed E-state index contributed by atoms with van der Waals surface area (Å²) in [5, 5.41) is 14.9. The van der Waals surface area contributed by atoms with Crippen LogP contribution in [0.2, 0.25) is 0 Å². The number of nitrogens with one attached hydrogen (secondary N) is 1. The van der Waals surface area contributed by atoms with E-state index in [4.69, 9.17) is 5.11 Å². The van der Waals surface area contributed by atoms with Crippen molar-refractivity contribution >= 4 is 17.2 Å². The van der Waals surface area contributed by atoms with E-state index in [-0.39, 0.29) is 17.9 Å². The lowest BCUT2D eigenvalue weighted by Gasteiger charge is -2.23. The van der Waals surface area contributed by atoms with E-state index in [0.717, 1.165) is 22.7 Å². The summed E-state index contributed by atoms with van der Waals surface area (Å²) < 4.78 is 0. The number of aliphatic hydroxyl groups is 1. The maximum atomic E-state index is 12.1. The molecule has 0 spiro atoms. The van der Waals surface area contributed by atoms with Gasteiger partial charge < -0.3 is 10.4 Å². The van der Waals surface area contributed by atoms with Gasteiger partial charge in [-0.1, -0.05) is 45.0 Å². The van der Waals surface area contributed by atoms with Crippen LogP contribution in [-0.4, -0.2) is 29.1 Å². The summed E-state index contributed by atoms with van der Waals surface area (Å²) in [6.45, 7) is 6.89. The fraction of sp³-hybridized carbons (Fsp3) is 0.474. The Hall–Kier alpha value is -1.72. The van der Waals surface area contributed by atoms with Gasteiger partial charge in [0, 0.05) is 24.1 Å². The molecule has 5 heteroatoms. The second-order valence-electron chi connectivity index (χ2n) is 6.79. The van der Waals surface area contributed by atoms with Crippen molar-refractivity contribution in [2.75, 3.05) is 13.2 Å². The first-order chi connectivity index (χ1) is 11.4. The normalized spacial score (nSPS) is 11.5. The zero-order valence-electron chi connectivity index (χ0n) is 14.6. The van der Waals surface area contributed by atoms with Gasteiger partial charge in [0.1, 0.15) is 5.01 Å². The van der Waals surface area contributed by atoms with Crippen molar-refractivity contribution in [2.45, 2.75) is 40.0 Å². The van der Waals surface area contributed by atoms with E-state index in [2.05, 4.69) is 41.5 Å². The van der Waals surface area contributed by atoms with E-state index in [1.165, 1.54) is 5.56 Å². The Morgan fingerprint density at radius 1 is 1.29 bits per heavy atom. The summed E-state index contributed by atoms with van der Waals surface area (Å²) in [5.41, 5.74) is 3.10. The van der Waals surface area contributed by atoms with Crippen LogP contribution in [0.4, 0.5) is 0 Å². The summed E-state index contributed by atoms with van der Waals surface area (Å²) >= 11 is 1.57. The van der Waals surface area contributed by atoms with E-state index in [1.807, 2.05) is 19.2 Å². The van der Waals surface area contributed by atoms with Gasteiger partial charge in [0.25, 0.3) is 0 Å². The second kappa shape index (κ2) is 8.40. The number of aliphatic hydroxyl groups excluding tert-OH is 1. The maximum absolute atomic E-state index is 12.1. The van der Waals surface area contributed by atoms with E-state index < -0.39 is 0 Å². The van der Waals surface area contributed by atoms with Gasteiger partial charge in [-0.2, -0.15) is 0 Å². The summed E-state index contributed by atoms with van der Waals surface area (Å²) in [7, 11) is 0. The van der Waals surface area contributed by atoms with Gasteiger partial charge in [0.2, 0.25) is 5.91 Å². The fourth-order valence-electron chi connectivity index (χ4n) is 2.36. The predicted molar refractivity (Wildman–Crippen MR) is 99.1 cm³/mol. The Kier molecular flexibility index (Phi) is 6.52. The molecule has 2 aromatic rings. The highest BCUT2D eigenvalue weighted by Crippen LogP contribution is 2.24. The molecule has 0 aliphatic carbocycles. The molecule has 1 amide bonds. The van der Waals surface area contributed by atoms with Gasteiger partial charge in [-0.3, -0.25) is 4.79 Å². The molecule has 0 saturated heterocycles. The van der Waals surface area contributed by atoms with Gasteiger partial charge in [-0.25, -0.2) is 4.98 Å². The van der Waals surface area contributed by atoms with Crippen molar-refractivity contribution in [3.63, 3.8) is 0 Å². The molecular formula is C19H26N2O2S. The molecular weight excluding hydrogens is 320 g/mol. The molecule has 1 heterocycles. The van der Waals surface area contributed by atoms with Crippen LogP contribution in [0.3, 0.4) is 0 Å². The lowest BCUT2D eigenvalue weighted by atomic mass is 9.90. The first-order valence-electron chi connectivity index (χ1n) is 8.35. The van der Waals surface area contributed by atoms with Crippen molar-refractivity contribution in [1.29, 1.82) is 0 Å². The minimum atomic E-state index is -0.0985. The lowest BCUT2D eigenvalue weighted by molar-refractivity contribution is -0.121. The standard InChI is InChI=1S/C19H26N2O2S/c1-4-14-5-7-15(8-6-14)18-21-16(12-24-18)11-17(23)20-13-19(2,3)9-10-22/h5-8,12,22H,4,9-11,13H2,1-3H3,(H,20,23). The zero-order chi connectivity index (χ0) is 17.6. The summed E-state index contributed by atoms with van der Waals surface area (Å²) in [4.78, 5) is 16.7. The van der Waals surface area contributed by atoms with E-state index in [1.54, 1.807) is 11.3 Å². The summed E-state index contributed by atoms with van der Waals surface area (Å²) in [6, 6.07) is 8.40.